The van der Waals surface area contributed by atoms with E-state index in [4.69, 9.17) is 9.84 Å². The molecule has 0 aliphatic carbocycles. The molecule has 0 radical (unpaired) electrons. The zero-order chi connectivity index (χ0) is 15.2. The predicted octanol–water partition coefficient (Wildman–Crippen LogP) is 1.64. The first kappa shape index (κ1) is 16.2. The number of nitrogens with one attached hydrogen (secondary N) is 1. The second-order valence-electron chi connectivity index (χ2n) is 3.95. The number of carboxylic acid groups (broad SMARTS) is 1. The van der Waals surface area contributed by atoms with Gasteiger partial charge in [0.2, 0.25) is 10.0 Å². The summed E-state index contributed by atoms with van der Waals surface area (Å²) in [7, 11) is -3.76. The number of ether oxygens (including phenoxy) is 1. The molecule has 1 rings (SSSR count). The SMILES string of the molecule is C=CCNS(=O)(=O)c1ccc(OCCC)c(C(=O)O)c1. The highest BCUT2D eigenvalue weighted by molar-refractivity contribution is 7.89. The average molecular weight is 299 g/mol. The van der Waals surface area contributed by atoms with Gasteiger partial charge in [0.05, 0.1) is 11.5 Å². The van der Waals surface area contributed by atoms with E-state index < -0.39 is 16.0 Å². The van der Waals surface area contributed by atoms with Crippen LogP contribution in [0.15, 0.2) is 35.7 Å². The standard InChI is InChI=1S/C13H17NO5S/c1-3-7-14-20(17,18)10-5-6-12(19-8-4-2)11(9-10)13(15)16/h3,5-6,9,14H,1,4,7-8H2,2H3,(H,15,16). The molecule has 0 saturated heterocycles. The smallest absolute Gasteiger partial charge is 0.339 e. The van der Waals surface area contributed by atoms with Gasteiger partial charge >= 0.3 is 5.97 Å². The van der Waals surface area contributed by atoms with Crippen molar-refractivity contribution in [2.45, 2.75) is 18.2 Å². The maximum atomic E-state index is 11.9. The summed E-state index contributed by atoms with van der Waals surface area (Å²) in [6, 6.07) is 3.74. The Balaban J connectivity index is 3.16. The zero-order valence-electron chi connectivity index (χ0n) is 11.1. The molecule has 20 heavy (non-hydrogen) atoms. The fourth-order valence-electron chi connectivity index (χ4n) is 1.43. The van der Waals surface area contributed by atoms with Crippen LogP contribution in [-0.2, 0) is 10.0 Å². The lowest BCUT2D eigenvalue weighted by atomic mass is 10.2. The molecule has 0 aromatic heterocycles. The molecule has 0 aliphatic rings. The Labute approximate surface area is 118 Å². The molecule has 0 amide bonds. The van der Waals surface area contributed by atoms with E-state index in [-0.39, 0.29) is 22.8 Å². The first-order valence-electron chi connectivity index (χ1n) is 6.03. The Morgan fingerprint density at radius 1 is 1.50 bits per heavy atom. The molecule has 110 valence electrons. The van der Waals surface area contributed by atoms with Crippen LogP contribution in [0.1, 0.15) is 23.7 Å². The van der Waals surface area contributed by atoms with Crippen molar-refractivity contribution in [2.24, 2.45) is 0 Å². The van der Waals surface area contributed by atoms with Crippen molar-refractivity contribution in [1.82, 2.24) is 4.72 Å². The highest BCUT2D eigenvalue weighted by Gasteiger charge is 2.19. The van der Waals surface area contributed by atoms with E-state index in [2.05, 4.69) is 11.3 Å². The number of hydrogen-bond donors (Lipinski definition) is 2. The molecule has 0 unspecified atom stereocenters. The Hall–Kier alpha value is -1.86. The molecule has 1 aromatic carbocycles. The highest BCUT2D eigenvalue weighted by Crippen LogP contribution is 2.23. The molecule has 0 bridgehead atoms. The average Bonchev–Trinajstić information content (AvgIpc) is 2.42. The Bertz CT molecular complexity index is 595. The third kappa shape index (κ3) is 4.07. The molecule has 7 heteroatoms. The number of benzene rings is 1. The lowest BCUT2D eigenvalue weighted by Gasteiger charge is -2.10. The minimum absolute atomic E-state index is 0.0683. The van der Waals surface area contributed by atoms with Crippen LogP contribution in [0, 0.1) is 0 Å². The van der Waals surface area contributed by atoms with Gasteiger partial charge in [0, 0.05) is 6.54 Å². The van der Waals surface area contributed by atoms with Crippen molar-refractivity contribution in [3.8, 4) is 5.75 Å². The van der Waals surface area contributed by atoms with Crippen LogP contribution < -0.4 is 9.46 Å². The van der Waals surface area contributed by atoms with Gasteiger partial charge < -0.3 is 9.84 Å². The molecule has 1 aromatic rings. The van der Waals surface area contributed by atoms with Crippen molar-refractivity contribution < 1.29 is 23.1 Å². The molecular weight excluding hydrogens is 282 g/mol. The van der Waals surface area contributed by atoms with Gasteiger partial charge in [0.1, 0.15) is 11.3 Å². The lowest BCUT2D eigenvalue weighted by Crippen LogP contribution is -2.24. The molecule has 0 spiro atoms. The quantitative estimate of drug-likeness (QED) is 0.712. The van der Waals surface area contributed by atoms with Gasteiger partial charge in [0.15, 0.2) is 0 Å². The van der Waals surface area contributed by atoms with E-state index in [0.717, 1.165) is 12.5 Å². The number of sulfonamides is 1. The molecule has 0 fully saturated rings. The topological polar surface area (TPSA) is 92.7 Å². The van der Waals surface area contributed by atoms with Gasteiger partial charge in [-0.05, 0) is 24.6 Å². The van der Waals surface area contributed by atoms with Crippen LogP contribution in [0.3, 0.4) is 0 Å². The van der Waals surface area contributed by atoms with Gasteiger partial charge in [-0.1, -0.05) is 13.0 Å². The van der Waals surface area contributed by atoms with E-state index in [0.29, 0.717) is 6.61 Å². The van der Waals surface area contributed by atoms with Gasteiger partial charge in [-0.3, -0.25) is 0 Å². The number of carbonyl (C=O) groups is 1. The maximum absolute atomic E-state index is 11.9. The van der Waals surface area contributed by atoms with Gasteiger partial charge in [-0.15, -0.1) is 6.58 Å². The lowest BCUT2D eigenvalue weighted by molar-refractivity contribution is 0.0692. The van der Waals surface area contributed by atoms with Crippen LogP contribution in [0.2, 0.25) is 0 Å². The predicted molar refractivity (Wildman–Crippen MR) is 74.6 cm³/mol. The van der Waals surface area contributed by atoms with Gasteiger partial charge in [0.25, 0.3) is 0 Å². The van der Waals surface area contributed by atoms with E-state index in [1.54, 1.807) is 0 Å². The Morgan fingerprint density at radius 2 is 2.20 bits per heavy atom. The monoisotopic (exact) mass is 299 g/mol. The number of hydrogen-bond acceptors (Lipinski definition) is 4. The van der Waals surface area contributed by atoms with E-state index in [1.807, 2.05) is 6.92 Å². The van der Waals surface area contributed by atoms with Crippen LogP contribution in [0.5, 0.6) is 5.75 Å². The van der Waals surface area contributed by atoms with Crippen molar-refractivity contribution in [3.05, 3.63) is 36.4 Å². The summed E-state index contributed by atoms with van der Waals surface area (Å²) < 4.78 is 31.4. The first-order valence-corrected chi connectivity index (χ1v) is 7.51. The summed E-state index contributed by atoms with van der Waals surface area (Å²) in [4.78, 5) is 11.0. The Morgan fingerprint density at radius 3 is 2.75 bits per heavy atom. The van der Waals surface area contributed by atoms with Crippen LogP contribution in [0.25, 0.3) is 0 Å². The molecule has 0 atom stereocenters. The second kappa shape index (κ2) is 7.06. The maximum Gasteiger partial charge on any atom is 0.339 e. The summed E-state index contributed by atoms with van der Waals surface area (Å²) in [5, 5.41) is 9.12. The highest BCUT2D eigenvalue weighted by atomic mass is 32.2. The van der Waals surface area contributed by atoms with Crippen molar-refractivity contribution in [1.29, 1.82) is 0 Å². The summed E-state index contributed by atoms with van der Waals surface area (Å²) in [5.74, 6) is -1.08. The van der Waals surface area contributed by atoms with Crippen molar-refractivity contribution in [2.75, 3.05) is 13.2 Å². The van der Waals surface area contributed by atoms with Gasteiger partial charge in [-0.25, -0.2) is 17.9 Å². The van der Waals surface area contributed by atoms with Crippen LogP contribution >= 0.6 is 0 Å². The first-order chi connectivity index (χ1) is 9.42. The normalized spacial score (nSPS) is 11.1. The van der Waals surface area contributed by atoms with E-state index >= 15 is 0 Å². The molecule has 0 aliphatic heterocycles. The molecule has 0 saturated carbocycles. The molecule has 6 nitrogen and oxygen atoms in total. The zero-order valence-corrected chi connectivity index (χ0v) is 11.9. The third-order valence-corrected chi connectivity index (χ3v) is 3.79. The Kier molecular flexibility index (Phi) is 5.72. The molecule has 0 heterocycles. The van der Waals surface area contributed by atoms with E-state index in [9.17, 15) is 13.2 Å². The molecular formula is C13H17NO5S. The van der Waals surface area contributed by atoms with E-state index in [1.165, 1.54) is 18.2 Å². The minimum Gasteiger partial charge on any atom is -0.493 e. The fourth-order valence-corrected chi connectivity index (χ4v) is 2.46. The largest absolute Gasteiger partial charge is 0.493 e. The van der Waals surface area contributed by atoms with Gasteiger partial charge in [-0.2, -0.15) is 0 Å². The number of rotatable bonds is 8. The van der Waals surface area contributed by atoms with Crippen LogP contribution in [-0.4, -0.2) is 32.6 Å². The number of aromatic carboxylic acids is 1. The summed E-state index contributed by atoms with van der Waals surface area (Å²) >= 11 is 0. The summed E-state index contributed by atoms with van der Waals surface area (Å²) in [6.07, 6.45) is 2.12. The van der Waals surface area contributed by atoms with Crippen molar-refractivity contribution >= 4 is 16.0 Å². The number of carboxylic acids is 1. The molecule has 2 N–H and O–H groups in total. The third-order valence-electron chi connectivity index (χ3n) is 2.37. The van der Waals surface area contributed by atoms with Crippen LogP contribution in [0.4, 0.5) is 0 Å². The second-order valence-corrected chi connectivity index (χ2v) is 5.72. The van der Waals surface area contributed by atoms with Crippen molar-refractivity contribution in [3.63, 3.8) is 0 Å². The minimum atomic E-state index is -3.76. The fraction of sp³-hybridized carbons (Fsp3) is 0.308. The summed E-state index contributed by atoms with van der Waals surface area (Å²) in [5.41, 5.74) is -0.181. The summed E-state index contributed by atoms with van der Waals surface area (Å²) in [6.45, 7) is 5.73.